The van der Waals surface area contributed by atoms with Crippen molar-refractivity contribution in [1.82, 2.24) is 0 Å². The molecule has 0 bridgehead atoms. The van der Waals surface area contributed by atoms with Crippen LogP contribution in [0.5, 0.6) is 0 Å². The summed E-state index contributed by atoms with van der Waals surface area (Å²) in [7, 11) is 0. The highest BCUT2D eigenvalue weighted by atomic mass is 16.5. The molecule has 0 aromatic heterocycles. The summed E-state index contributed by atoms with van der Waals surface area (Å²) in [4.78, 5) is 0. The molecule has 1 saturated carbocycles. The molecule has 0 heterocycles. The molecule has 14 heavy (non-hydrogen) atoms. The normalized spacial score (nSPS) is 20.8. The van der Waals surface area contributed by atoms with E-state index >= 15 is 0 Å². The van der Waals surface area contributed by atoms with Crippen LogP contribution in [0.2, 0.25) is 0 Å². The predicted octanol–water partition coefficient (Wildman–Crippen LogP) is 1.29. The van der Waals surface area contributed by atoms with Crippen LogP contribution in [-0.2, 0) is 4.74 Å². The lowest BCUT2D eigenvalue weighted by molar-refractivity contribution is 0.0427. The predicted molar refractivity (Wildman–Crippen MR) is 57.1 cm³/mol. The molecule has 1 aliphatic carbocycles. The summed E-state index contributed by atoms with van der Waals surface area (Å²) in [6, 6.07) is 0. The second kappa shape index (κ2) is 5.69. The van der Waals surface area contributed by atoms with Gasteiger partial charge in [0.15, 0.2) is 0 Å². The summed E-state index contributed by atoms with van der Waals surface area (Å²) in [6.07, 6.45) is 5.63. The first-order valence-electron chi connectivity index (χ1n) is 5.64. The quantitative estimate of drug-likeness (QED) is 0.582. The molecule has 0 radical (unpaired) electrons. The summed E-state index contributed by atoms with van der Waals surface area (Å²) in [5, 5.41) is 9.60. The average molecular weight is 201 g/mol. The Labute approximate surface area is 86.6 Å². The molecule has 1 unspecified atom stereocenters. The topological polar surface area (TPSA) is 55.5 Å². The molecule has 0 aliphatic heterocycles. The molecular formula is C11H23NO2. The Morgan fingerprint density at radius 1 is 1.43 bits per heavy atom. The van der Waals surface area contributed by atoms with Crippen LogP contribution in [0, 0.1) is 5.92 Å². The van der Waals surface area contributed by atoms with Gasteiger partial charge in [-0.3, -0.25) is 0 Å². The van der Waals surface area contributed by atoms with Gasteiger partial charge in [-0.15, -0.1) is 0 Å². The van der Waals surface area contributed by atoms with Crippen LogP contribution in [-0.4, -0.2) is 30.5 Å². The maximum absolute atomic E-state index is 9.60. The highest BCUT2D eigenvalue weighted by Crippen LogP contribution is 2.32. The van der Waals surface area contributed by atoms with Crippen LogP contribution in [0.3, 0.4) is 0 Å². The van der Waals surface area contributed by atoms with Crippen LogP contribution >= 0.6 is 0 Å². The SMILES string of the molecule is CC(O)(CN)CCCOCCC1CC1. The van der Waals surface area contributed by atoms with Gasteiger partial charge in [0, 0.05) is 19.8 Å². The van der Waals surface area contributed by atoms with E-state index in [9.17, 15) is 5.11 Å². The zero-order valence-corrected chi connectivity index (χ0v) is 9.17. The minimum atomic E-state index is -0.708. The lowest BCUT2D eigenvalue weighted by atomic mass is 10.0. The molecule has 1 fully saturated rings. The van der Waals surface area contributed by atoms with Crippen molar-refractivity contribution in [3.05, 3.63) is 0 Å². The molecule has 0 amide bonds. The van der Waals surface area contributed by atoms with Crippen molar-refractivity contribution in [2.75, 3.05) is 19.8 Å². The van der Waals surface area contributed by atoms with Gasteiger partial charge in [-0.05, 0) is 32.1 Å². The number of rotatable bonds is 8. The van der Waals surface area contributed by atoms with Crippen molar-refractivity contribution < 1.29 is 9.84 Å². The maximum atomic E-state index is 9.60. The second-order valence-corrected chi connectivity index (χ2v) is 4.65. The fourth-order valence-corrected chi connectivity index (χ4v) is 1.42. The fraction of sp³-hybridized carbons (Fsp3) is 1.00. The Hall–Kier alpha value is -0.120. The van der Waals surface area contributed by atoms with E-state index in [1.807, 2.05) is 0 Å². The van der Waals surface area contributed by atoms with Crippen molar-refractivity contribution in [3.8, 4) is 0 Å². The molecule has 1 atom stereocenters. The second-order valence-electron chi connectivity index (χ2n) is 4.65. The Kier molecular flexibility index (Phi) is 4.85. The molecule has 3 heteroatoms. The van der Waals surface area contributed by atoms with E-state index in [2.05, 4.69) is 0 Å². The average Bonchev–Trinajstić information content (AvgIpc) is 2.95. The Morgan fingerprint density at radius 2 is 2.14 bits per heavy atom. The van der Waals surface area contributed by atoms with E-state index < -0.39 is 5.60 Å². The van der Waals surface area contributed by atoms with Crippen molar-refractivity contribution in [2.24, 2.45) is 11.7 Å². The minimum Gasteiger partial charge on any atom is -0.389 e. The Morgan fingerprint density at radius 3 is 2.71 bits per heavy atom. The van der Waals surface area contributed by atoms with Gasteiger partial charge in [0.05, 0.1) is 5.60 Å². The number of hydrogen-bond acceptors (Lipinski definition) is 3. The van der Waals surface area contributed by atoms with Crippen molar-refractivity contribution >= 4 is 0 Å². The smallest absolute Gasteiger partial charge is 0.0742 e. The van der Waals surface area contributed by atoms with Crippen molar-refractivity contribution in [3.63, 3.8) is 0 Å². The van der Waals surface area contributed by atoms with Gasteiger partial charge in [-0.2, -0.15) is 0 Å². The lowest BCUT2D eigenvalue weighted by Crippen LogP contribution is -2.34. The number of ether oxygens (including phenoxy) is 1. The molecular weight excluding hydrogens is 178 g/mol. The van der Waals surface area contributed by atoms with Gasteiger partial charge >= 0.3 is 0 Å². The lowest BCUT2D eigenvalue weighted by Gasteiger charge is -2.20. The molecule has 1 rings (SSSR count). The fourth-order valence-electron chi connectivity index (χ4n) is 1.42. The molecule has 0 aromatic carbocycles. The minimum absolute atomic E-state index is 0.328. The van der Waals surface area contributed by atoms with Crippen LogP contribution in [0.15, 0.2) is 0 Å². The van der Waals surface area contributed by atoms with E-state index in [1.165, 1.54) is 19.3 Å². The Bertz CT molecular complexity index is 155. The van der Waals surface area contributed by atoms with Crippen molar-refractivity contribution in [2.45, 2.75) is 44.6 Å². The first kappa shape index (κ1) is 12.0. The maximum Gasteiger partial charge on any atom is 0.0742 e. The molecule has 3 N–H and O–H groups in total. The van der Waals surface area contributed by atoms with Crippen molar-refractivity contribution in [1.29, 1.82) is 0 Å². The zero-order chi connectivity index (χ0) is 10.4. The van der Waals surface area contributed by atoms with Crippen LogP contribution < -0.4 is 5.73 Å². The van der Waals surface area contributed by atoms with E-state index in [0.717, 1.165) is 32.0 Å². The number of aliphatic hydroxyl groups is 1. The Balaban J connectivity index is 1.83. The third-order valence-corrected chi connectivity index (χ3v) is 2.81. The summed E-state index contributed by atoms with van der Waals surface area (Å²) < 4.78 is 5.47. The van der Waals surface area contributed by atoms with Gasteiger partial charge in [0.1, 0.15) is 0 Å². The molecule has 0 aromatic rings. The molecule has 0 saturated heterocycles. The standard InChI is InChI=1S/C11H23NO2/c1-11(13,9-12)6-2-7-14-8-5-10-3-4-10/h10,13H,2-9,12H2,1H3. The number of hydrogen-bond donors (Lipinski definition) is 2. The van der Waals surface area contributed by atoms with E-state index in [4.69, 9.17) is 10.5 Å². The molecule has 0 spiro atoms. The van der Waals surface area contributed by atoms with Gasteiger partial charge in [0.25, 0.3) is 0 Å². The summed E-state index contributed by atoms with van der Waals surface area (Å²) in [6.45, 7) is 3.74. The first-order chi connectivity index (χ1) is 6.64. The largest absolute Gasteiger partial charge is 0.389 e. The molecule has 1 aliphatic rings. The molecule has 84 valence electrons. The highest BCUT2D eigenvalue weighted by molar-refractivity contribution is 4.73. The highest BCUT2D eigenvalue weighted by Gasteiger charge is 2.20. The van der Waals surface area contributed by atoms with Gasteiger partial charge in [-0.1, -0.05) is 12.8 Å². The summed E-state index contributed by atoms with van der Waals surface area (Å²) in [5.74, 6) is 0.946. The zero-order valence-electron chi connectivity index (χ0n) is 9.17. The van der Waals surface area contributed by atoms with Crippen LogP contribution in [0.1, 0.15) is 39.0 Å². The summed E-state index contributed by atoms with van der Waals surface area (Å²) >= 11 is 0. The van der Waals surface area contributed by atoms with Crippen LogP contribution in [0.25, 0.3) is 0 Å². The monoisotopic (exact) mass is 201 g/mol. The van der Waals surface area contributed by atoms with E-state index in [0.29, 0.717) is 6.54 Å². The van der Waals surface area contributed by atoms with Gasteiger partial charge < -0.3 is 15.6 Å². The number of nitrogens with two attached hydrogens (primary N) is 1. The first-order valence-corrected chi connectivity index (χ1v) is 5.64. The third-order valence-electron chi connectivity index (χ3n) is 2.81. The third kappa shape index (κ3) is 5.58. The van der Waals surface area contributed by atoms with Gasteiger partial charge in [-0.25, -0.2) is 0 Å². The summed E-state index contributed by atoms with van der Waals surface area (Å²) in [5.41, 5.74) is 4.70. The van der Waals surface area contributed by atoms with E-state index in [-0.39, 0.29) is 0 Å². The molecule has 3 nitrogen and oxygen atoms in total. The van der Waals surface area contributed by atoms with Gasteiger partial charge in [0.2, 0.25) is 0 Å². The van der Waals surface area contributed by atoms with Crippen LogP contribution in [0.4, 0.5) is 0 Å². The van der Waals surface area contributed by atoms with E-state index in [1.54, 1.807) is 6.92 Å².